The van der Waals surface area contributed by atoms with Crippen molar-refractivity contribution in [1.29, 1.82) is 5.26 Å². The van der Waals surface area contributed by atoms with Gasteiger partial charge < -0.3 is 11.1 Å². The van der Waals surface area contributed by atoms with Gasteiger partial charge in [-0.15, -0.1) is 0 Å². The van der Waals surface area contributed by atoms with Crippen LogP contribution in [0.3, 0.4) is 0 Å². The minimum atomic E-state index is -0.496. The number of nitrogens with one attached hydrogen (secondary N) is 1. The maximum atomic E-state index is 13.0. The highest BCUT2D eigenvalue weighted by Gasteiger charge is 2.28. The molecule has 1 aliphatic rings. The lowest BCUT2D eigenvalue weighted by Gasteiger charge is -2.27. The minimum Gasteiger partial charge on any atom is -0.327 e. The van der Waals surface area contributed by atoms with Crippen LogP contribution in [0.15, 0.2) is 18.2 Å². The number of halogens is 1. The van der Waals surface area contributed by atoms with Gasteiger partial charge >= 0.3 is 0 Å². The van der Waals surface area contributed by atoms with Crippen LogP contribution in [0.4, 0.5) is 10.1 Å². The summed E-state index contributed by atoms with van der Waals surface area (Å²) in [6, 6.07) is 5.46. The molecular weight excluding hydrogens is 245 g/mol. The molecule has 0 aliphatic heterocycles. The van der Waals surface area contributed by atoms with E-state index in [1.54, 1.807) is 0 Å². The van der Waals surface area contributed by atoms with E-state index < -0.39 is 5.82 Å². The summed E-state index contributed by atoms with van der Waals surface area (Å²) in [4.78, 5) is 12.1. The number of hydrogen-bond donors (Lipinski definition) is 2. The van der Waals surface area contributed by atoms with Crippen LogP contribution in [0, 0.1) is 23.1 Å². The quantitative estimate of drug-likeness (QED) is 0.856. The fraction of sp³-hybridized carbons (Fsp3) is 0.429. The summed E-state index contributed by atoms with van der Waals surface area (Å²) in [6.45, 7) is 0. The standard InChI is InChI=1S/C14H16FN3O/c15-10-5-6-13(9(7-10)8-16)18-14(19)11-3-1-2-4-12(11)17/h5-7,11-12H,1-4,17H2,(H,18,19). The van der Waals surface area contributed by atoms with Crippen molar-refractivity contribution in [2.45, 2.75) is 31.7 Å². The Balaban J connectivity index is 2.12. The van der Waals surface area contributed by atoms with E-state index in [1.807, 2.05) is 6.07 Å². The van der Waals surface area contributed by atoms with Gasteiger partial charge in [-0.25, -0.2) is 4.39 Å². The van der Waals surface area contributed by atoms with E-state index in [0.717, 1.165) is 31.7 Å². The number of amides is 1. The molecule has 3 N–H and O–H groups in total. The Morgan fingerprint density at radius 1 is 1.42 bits per heavy atom. The molecule has 1 aromatic carbocycles. The van der Waals surface area contributed by atoms with E-state index >= 15 is 0 Å². The van der Waals surface area contributed by atoms with Gasteiger partial charge in [0.05, 0.1) is 17.2 Å². The molecule has 1 aliphatic carbocycles. The van der Waals surface area contributed by atoms with Gasteiger partial charge in [0.2, 0.25) is 5.91 Å². The van der Waals surface area contributed by atoms with Crippen LogP contribution in [0.2, 0.25) is 0 Å². The molecule has 0 radical (unpaired) electrons. The molecule has 1 aromatic rings. The molecule has 2 unspecified atom stereocenters. The predicted molar refractivity (Wildman–Crippen MR) is 69.7 cm³/mol. The molecular formula is C14H16FN3O. The smallest absolute Gasteiger partial charge is 0.229 e. The lowest BCUT2D eigenvalue weighted by molar-refractivity contribution is -0.121. The molecule has 1 fully saturated rings. The zero-order valence-electron chi connectivity index (χ0n) is 10.5. The summed E-state index contributed by atoms with van der Waals surface area (Å²) in [5.74, 6) is -0.912. The third kappa shape index (κ3) is 3.09. The minimum absolute atomic E-state index is 0.123. The molecule has 5 heteroatoms. The van der Waals surface area contributed by atoms with Crippen molar-refractivity contribution >= 4 is 11.6 Å². The van der Waals surface area contributed by atoms with E-state index in [0.29, 0.717) is 5.69 Å². The molecule has 0 heterocycles. The highest BCUT2D eigenvalue weighted by atomic mass is 19.1. The highest BCUT2D eigenvalue weighted by Crippen LogP contribution is 2.25. The third-order valence-corrected chi connectivity index (χ3v) is 3.52. The molecule has 0 saturated heterocycles. The molecule has 1 amide bonds. The SMILES string of the molecule is N#Cc1cc(F)ccc1NC(=O)C1CCCCC1N. The van der Waals surface area contributed by atoms with Gasteiger partial charge in [0.25, 0.3) is 0 Å². The predicted octanol–water partition coefficient (Wildman–Crippen LogP) is 2.15. The summed E-state index contributed by atoms with van der Waals surface area (Å²) in [7, 11) is 0. The van der Waals surface area contributed by atoms with Crippen LogP contribution in [0.25, 0.3) is 0 Å². The number of nitrogens with two attached hydrogens (primary N) is 1. The molecule has 1 saturated carbocycles. The Labute approximate surface area is 111 Å². The summed E-state index contributed by atoms with van der Waals surface area (Å²) in [5.41, 5.74) is 6.40. The maximum Gasteiger partial charge on any atom is 0.229 e. The second-order valence-corrected chi connectivity index (χ2v) is 4.85. The lowest BCUT2D eigenvalue weighted by Crippen LogP contribution is -2.40. The van der Waals surface area contributed by atoms with Crippen molar-refractivity contribution in [1.82, 2.24) is 0 Å². The number of hydrogen-bond acceptors (Lipinski definition) is 3. The first-order valence-electron chi connectivity index (χ1n) is 6.38. The second-order valence-electron chi connectivity index (χ2n) is 4.85. The van der Waals surface area contributed by atoms with Crippen LogP contribution in [-0.4, -0.2) is 11.9 Å². The van der Waals surface area contributed by atoms with Gasteiger partial charge in [-0.2, -0.15) is 5.26 Å². The fourth-order valence-corrected chi connectivity index (χ4v) is 2.43. The van der Waals surface area contributed by atoms with Crippen molar-refractivity contribution in [3.05, 3.63) is 29.6 Å². The molecule has 100 valence electrons. The lowest BCUT2D eigenvalue weighted by atomic mass is 9.84. The molecule has 0 aromatic heterocycles. The van der Waals surface area contributed by atoms with Gasteiger partial charge in [0, 0.05) is 6.04 Å². The summed E-state index contributed by atoms with van der Waals surface area (Å²) in [6.07, 6.45) is 3.63. The Kier molecular flexibility index (Phi) is 4.13. The summed E-state index contributed by atoms with van der Waals surface area (Å²) in [5, 5.41) is 11.6. The molecule has 0 spiro atoms. The third-order valence-electron chi connectivity index (χ3n) is 3.52. The number of rotatable bonds is 2. The molecule has 2 atom stereocenters. The van der Waals surface area contributed by atoms with E-state index in [1.165, 1.54) is 12.1 Å². The largest absolute Gasteiger partial charge is 0.327 e. The van der Waals surface area contributed by atoms with Crippen molar-refractivity contribution < 1.29 is 9.18 Å². The molecule has 19 heavy (non-hydrogen) atoms. The first-order chi connectivity index (χ1) is 9.11. The molecule has 4 nitrogen and oxygen atoms in total. The number of carbonyl (C=O) groups is 1. The van der Waals surface area contributed by atoms with Crippen LogP contribution >= 0.6 is 0 Å². The number of anilines is 1. The zero-order valence-corrected chi connectivity index (χ0v) is 10.5. The average molecular weight is 261 g/mol. The van der Waals surface area contributed by atoms with Crippen LogP contribution in [0.1, 0.15) is 31.2 Å². The van der Waals surface area contributed by atoms with E-state index in [9.17, 15) is 9.18 Å². The number of nitriles is 1. The second kappa shape index (κ2) is 5.81. The first kappa shape index (κ1) is 13.5. The van der Waals surface area contributed by atoms with Gasteiger partial charge in [0.1, 0.15) is 11.9 Å². The van der Waals surface area contributed by atoms with E-state index in [4.69, 9.17) is 11.0 Å². The van der Waals surface area contributed by atoms with Crippen LogP contribution < -0.4 is 11.1 Å². The highest BCUT2D eigenvalue weighted by molar-refractivity contribution is 5.94. The topological polar surface area (TPSA) is 78.9 Å². The van der Waals surface area contributed by atoms with Gasteiger partial charge in [-0.3, -0.25) is 4.79 Å². The Bertz CT molecular complexity index is 524. The molecule has 0 bridgehead atoms. The Morgan fingerprint density at radius 2 is 2.16 bits per heavy atom. The maximum absolute atomic E-state index is 13.0. The number of carbonyl (C=O) groups excluding carboxylic acids is 1. The van der Waals surface area contributed by atoms with Crippen LogP contribution in [0.5, 0.6) is 0 Å². The average Bonchev–Trinajstić information content (AvgIpc) is 2.41. The molecule has 2 rings (SSSR count). The summed E-state index contributed by atoms with van der Waals surface area (Å²) >= 11 is 0. The normalized spacial score (nSPS) is 22.6. The number of benzene rings is 1. The van der Waals surface area contributed by atoms with Crippen molar-refractivity contribution in [2.24, 2.45) is 11.7 Å². The van der Waals surface area contributed by atoms with Crippen molar-refractivity contribution in [3.8, 4) is 6.07 Å². The fourth-order valence-electron chi connectivity index (χ4n) is 2.43. The zero-order chi connectivity index (χ0) is 13.8. The number of nitrogens with zero attached hydrogens (tertiary/aromatic N) is 1. The summed E-state index contributed by atoms with van der Waals surface area (Å²) < 4.78 is 13.0. The van der Waals surface area contributed by atoms with Crippen molar-refractivity contribution in [3.63, 3.8) is 0 Å². The first-order valence-corrected chi connectivity index (χ1v) is 6.38. The van der Waals surface area contributed by atoms with Crippen LogP contribution in [-0.2, 0) is 4.79 Å². The van der Waals surface area contributed by atoms with E-state index in [2.05, 4.69) is 5.32 Å². The van der Waals surface area contributed by atoms with Gasteiger partial charge in [-0.1, -0.05) is 12.8 Å². The monoisotopic (exact) mass is 261 g/mol. The Morgan fingerprint density at radius 3 is 2.84 bits per heavy atom. The van der Waals surface area contributed by atoms with Crippen molar-refractivity contribution in [2.75, 3.05) is 5.32 Å². The Hall–Kier alpha value is -1.93. The van der Waals surface area contributed by atoms with E-state index in [-0.39, 0.29) is 23.4 Å². The van der Waals surface area contributed by atoms with Gasteiger partial charge in [-0.05, 0) is 31.0 Å². The van der Waals surface area contributed by atoms with Gasteiger partial charge in [0.15, 0.2) is 0 Å².